The number of benzene rings is 2. The molecule has 1 aliphatic rings. The van der Waals surface area contributed by atoms with E-state index in [1.165, 1.54) is 12.1 Å². The molecule has 1 atom stereocenters. The molecular formula is C22H20N2O6. The number of methoxy groups -OCH3 is 1. The predicted octanol–water partition coefficient (Wildman–Crippen LogP) is 3.59. The highest BCUT2D eigenvalue weighted by Gasteiger charge is 2.42. The summed E-state index contributed by atoms with van der Waals surface area (Å²) >= 11 is 0. The molecule has 1 unspecified atom stereocenters. The molecule has 0 spiro atoms. The Kier molecular flexibility index (Phi) is 5.09. The van der Waals surface area contributed by atoms with Crippen molar-refractivity contribution in [1.29, 1.82) is 0 Å². The van der Waals surface area contributed by atoms with E-state index < -0.39 is 11.0 Å². The summed E-state index contributed by atoms with van der Waals surface area (Å²) in [5.74, 6) is -0.346. The van der Waals surface area contributed by atoms with Crippen LogP contribution in [0, 0.1) is 17.0 Å². The van der Waals surface area contributed by atoms with E-state index in [4.69, 9.17) is 9.15 Å². The molecule has 2 heterocycles. The van der Waals surface area contributed by atoms with Gasteiger partial charge in [0, 0.05) is 32.4 Å². The molecule has 154 valence electrons. The van der Waals surface area contributed by atoms with Crippen molar-refractivity contribution < 1.29 is 18.9 Å². The zero-order chi connectivity index (χ0) is 21.4. The van der Waals surface area contributed by atoms with E-state index >= 15 is 0 Å². The Labute approximate surface area is 171 Å². The molecule has 0 radical (unpaired) electrons. The lowest BCUT2D eigenvalue weighted by Crippen LogP contribution is -2.31. The Bertz CT molecular complexity index is 1200. The first-order valence-corrected chi connectivity index (χ1v) is 9.54. The average Bonchev–Trinajstić information content (AvgIpc) is 3.01. The minimum Gasteiger partial charge on any atom is -0.450 e. The van der Waals surface area contributed by atoms with Crippen LogP contribution in [0.2, 0.25) is 0 Å². The number of non-ortho nitro benzene ring substituents is 1. The van der Waals surface area contributed by atoms with Gasteiger partial charge >= 0.3 is 0 Å². The minimum atomic E-state index is -0.675. The number of amides is 1. The summed E-state index contributed by atoms with van der Waals surface area (Å²) in [7, 11) is 1.58. The molecule has 0 bridgehead atoms. The normalized spacial score (nSPS) is 15.6. The SMILES string of the molecule is COCCCN1C(=O)c2oc3ccc(C)cc3c(=O)c2C1c1ccc([N+](=O)[O-])cc1. The second-order valence-corrected chi connectivity index (χ2v) is 7.27. The van der Waals surface area contributed by atoms with Gasteiger partial charge in [0.2, 0.25) is 5.76 Å². The van der Waals surface area contributed by atoms with Gasteiger partial charge in [-0.2, -0.15) is 0 Å². The fourth-order valence-electron chi connectivity index (χ4n) is 3.87. The van der Waals surface area contributed by atoms with Crippen LogP contribution in [0.15, 0.2) is 51.7 Å². The quantitative estimate of drug-likeness (QED) is 0.351. The van der Waals surface area contributed by atoms with Crippen molar-refractivity contribution in [3.63, 3.8) is 0 Å². The van der Waals surface area contributed by atoms with Crippen molar-refractivity contribution in [2.45, 2.75) is 19.4 Å². The third-order valence-corrected chi connectivity index (χ3v) is 5.29. The van der Waals surface area contributed by atoms with Crippen LogP contribution in [0.1, 0.15) is 39.7 Å². The Morgan fingerprint density at radius 1 is 1.17 bits per heavy atom. The van der Waals surface area contributed by atoms with E-state index in [9.17, 15) is 19.7 Å². The van der Waals surface area contributed by atoms with Crippen LogP contribution in [0.4, 0.5) is 5.69 Å². The lowest BCUT2D eigenvalue weighted by atomic mass is 9.98. The number of fused-ring (bicyclic) bond motifs is 2. The molecule has 30 heavy (non-hydrogen) atoms. The Hall–Kier alpha value is -3.52. The molecule has 0 aliphatic carbocycles. The zero-order valence-electron chi connectivity index (χ0n) is 16.6. The maximum absolute atomic E-state index is 13.4. The van der Waals surface area contributed by atoms with Crippen LogP contribution in [0.3, 0.4) is 0 Å². The maximum Gasteiger partial charge on any atom is 0.290 e. The summed E-state index contributed by atoms with van der Waals surface area (Å²) in [6.45, 7) is 2.69. The van der Waals surface area contributed by atoms with Crippen molar-refractivity contribution in [3.05, 3.63) is 85.3 Å². The number of rotatable bonds is 6. The smallest absolute Gasteiger partial charge is 0.290 e. The van der Waals surface area contributed by atoms with E-state index in [0.717, 1.165) is 5.56 Å². The summed E-state index contributed by atoms with van der Waals surface area (Å²) in [6, 6.07) is 10.5. The zero-order valence-corrected chi connectivity index (χ0v) is 16.6. The van der Waals surface area contributed by atoms with Gasteiger partial charge in [0.25, 0.3) is 11.6 Å². The van der Waals surface area contributed by atoms with Crippen molar-refractivity contribution in [3.8, 4) is 0 Å². The van der Waals surface area contributed by atoms with Crippen LogP contribution < -0.4 is 5.43 Å². The molecule has 2 aromatic carbocycles. The van der Waals surface area contributed by atoms with Crippen molar-refractivity contribution in [2.75, 3.05) is 20.3 Å². The molecule has 8 heteroatoms. The highest BCUT2D eigenvalue weighted by atomic mass is 16.6. The standard InChI is InChI=1S/C22H20N2O6/c1-13-4-9-17-16(12-13)20(25)18-19(14-5-7-15(8-6-14)24(27)28)23(10-3-11-29-2)22(26)21(18)30-17/h4-9,12,19H,3,10-11H2,1-2H3. The number of carbonyl (C=O) groups excluding carboxylic acids is 1. The highest BCUT2D eigenvalue weighted by molar-refractivity contribution is 5.99. The third-order valence-electron chi connectivity index (χ3n) is 5.29. The number of aryl methyl sites for hydroxylation is 1. The van der Waals surface area contributed by atoms with E-state index in [-0.39, 0.29) is 28.3 Å². The van der Waals surface area contributed by atoms with Gasteiger partial charge < -0.3 is 14.1 Å². The Morgan fingerprint density at radius 3 is 2.57 bits per heavy atom. The number of carbonyl (C=O) groups is 1. The van der Waals surface area contributed by atoms with Gasteiger partial charge in [0.1, 0.15) is 5.58 Å². The molecule has 1 aliphatic heterocycles. The number of hydrogen-bond donors (Lipinski definition) is 0. The number of nitro groups is 1. The lowest BCUT2D eigenvalue weighted by molar-refractivity contribution is -0.384. The van der Waals surface area contributed by atoms with Gasteiger partial charge in [-0.3, -0.25) is 19.7 Å². The van der Waals surface area contributed by atoms with Gasteiger partial charge in [0.05, 0.1) is 21.9 Å². The summed E-state index contributed by atoms with van der Waals surface area (Å²) < 4.78 is 11.0. The van der Waals surface area contributed by atoms with Crippen LogP contribution in [0.25, 0.3) is 11.0 Å². The molecule has 1 aromatic heterocycles. The van der Waals surface area contributed by atoms with E-state index in [1.54, 1.807) is 36.3 Å². The molecule has 8 nitrogen and oxygen atoms in total. The Balaban J connectivity index is 1.89. The monoisotopic (exact) mass is 408 g/mol. The predicted molar refractivity (Wildman–Crippen MR) is 110 cm³/mol. The molecule has 0 saturated heterocycles. The summed E-state index contributed by atoms with van der Waals surface area (Å²) in [5.41, 5.74) is 1.83. The Morgan fingerprint density at radius 2 is 1.90 bits per heavy atom. The van der Waals surface area contributed by atoms with E-state index in [0.29, 0.717) is 36.1 Å². The molecule has 0 fully saturated rings. The van der Waals surface area contributed by atoms with Gasteiger partial charge in [-0.1, -0.05) is 11.6 Å². The topological polar surface area (TPSA) is 103 Å². The second kappa shape index (κ2) is 7.72. The van der Waals surface area contributed by atoms with Crippen molar-refractivity contribution in [1.82, 2.24) is 4.90 Å². The highest BCUT2D eigenvalue weighted by Crippen LogP contribution is 2.38. The van der Waals surface area contributed by atoms with Crippen LogP contribution in [-0.4, -0.2) is 36.0 Å². The second-order valence-electron chi connectivity index (χ2n) is 7.27. The number of nitro benzene ring substituents is 1. The first-order valence-electron chi connectivity index (χ1n) is 9.54. The largest absolute Gasteiger partial charge is 0.450 e. The summed E-state index contributed by atoms with van der Waals surface area (Å²) in [6.07, 6.45) is 0.576. The fourth-order valence-corrected chi connectivity index (χ4v) is 3.87. The van der Waals surface area contributed by atoms with Crippen molar-refractivity contribution in [2.24, 2.45) is 0 Å². The minimum absolute atomic E-state index is 0.0251. The van der Waals surface area contributed by atoms with Gasteiger partial charge in [-0.25, -0.2) is 0 Å². The molecule has 0 N–H and O–H groups in total. The van der Waals surface area contributed by atoms with Gasteiger partial charge in [-0.05, 0) is 43.2 Å². The first-order chi connectivity index (χ1) is 14.4. The van der Waals surface area contributed by atoms with E-state index in [1.807, 2.05) is 13.0 Å². The first kappa shape index (κ1) is 19.8. The number of nitrogens with zero attached hydrogens (tertiary/aromatic N) is 2. The number of hydrogen-bond acceptors (Lipinski definition) is 6. The average molecular weight is 408 g/mol. The molecule has 4 rings (SSSR count). The summed E-state index contributed by atoms with van der Waals surface area (Å²) in [4.78, 5) is 38.6. The molecular weight excluding hydrogens is 388 g/mol. The van der Waals surface area contributed by atoms with Gasteiger partial charge in [0.15, 0.2) is 5.43 Å². The van der Waals surface area contributed by atoms with E-state index in [2.05, 4.69) is 0 Å². The van der Waals surface area contributed by atoms with Crippen LogP contribution >= 0.6 is 0 Å². The maximum atomic E-state index is 13.4. The van der Waals surface area contributed by atoms with Crippen LogP contribution in [0.5, 0.6) is 0 Å². The fraction of sp³-hybridized carbons (Fsp3) is 0.273. The van der Waals surface area contributed by atoms with Crippen LogP contribution in [-0.2, 0) is 4.74 Å². The lowest BCUT2D eigenvalue weighted by Gasteiger charge is -2.25. The molecule has 0 saturated carbocycles. The van der Waals surface area contributed by atoms with Gasteiger partial charge in [-0.15, -0.1) is 0 Å². The number of ether oxygens (including phenoxy) is 1. The third kappa shape index (κ3) is 3.25. The molecule has 1 amide bonds. The summed E-state index contributed by atoms with van der Waals surface area (Å²) in [5, 5.41) is 11.4. The molecule has 3 aromatic rings. The van der Waals surface area contributed by atoms with Crippen molar-refractivity contribution >= 4 is 22.6 Å².